The van der Waals surface area contributed by atoms with Crippen LogP contribution in [0.2, 0.25) is 0 Å². The first-order valence-corrected chi connectivity index (χ1v) is 7.30. The SMILES string of the molecule is CCOC(=O)Oc1ccc2c(O)c(OC(=O)OCC)c(=O)n(C)c2n1. The maximum absolute atomic E-state index is 12.3. The Bertz CT molecular complexity index is 874. The number of carbonyl (C=O) groups excluding carboxylic acids is 2. The molecule has 0 aliphatic carbocycles. The Morgan fingerprint density at radius 1 is 1.12 bits per heavy atom. The van der Waals surface area contributed by atoms with Crippen molar-refractivity contribution in [1.82, 2.24) is 9.55 Å². The molecule has 0 unspecified atom stereocenters. The molecule has 2 aromatic heterocycles. The van der Waals surface area contributed by atoms with Crippen molar-refractivity contribution in [3.63, 3.8) is 0 Å². The summed E-state index contributed by atoms with van der Waals surface area (Å²) < 4.78 is 19.9. The van der Waals surface area contributed by atoms with Gasteiger partial charge in [0.05, 0.1) is 18.6 Å². The minimum Gasteiger partial charge on any atom is -0.504 e. The molecule has 2 aromatic rings. The van der Waals surface area contributed by atoms with Gasteiger partial charge in [0.15, 0.2) is 11.4 Å². The maximum atomic E-state index is 12.3. The molecule has 0 amide bonds. The number of aryl methyl sites for hydroxylation is 1. The zero-order valence-electron chi connectivity index (χ0n) is 13.8. The van der Waals surface area contributed by atoms with Crippen molar-refractivity contribution in [1.29, 1.82) is 0 Å². The summed E-state index contributed by atoms with van der Waals surface area (Å²) in [5, 5.41) is 10.3. The highest BCUT2D eigenvalue weighted by molar-refractivity contribution is 5.86. The number of hydrogen-bond acceptors (Lipinski definition) is 9. The molecule has 1 N–H and O–H groups in total. The average molecular weight is 352 g/mol. The van der Waals surface area contributed by atoms with Crippen LogP contribution in [0.3, 0.4) is 0 Å². The standard InChI is InChI=1S/C15H16N2O8/c1-4-22-14(20)24-9-7-6-8-10(18)11(25-15(21)23-5-2)13(19)17(3)12(8)16-9/h6-7,18H,4-5H2,1-3H3. The molecule has 2 heterocycles. The molecule has 25 heavy (non-hydrogen) atoms. The second kappa shape index (κ2) is 7.51. The minimum atomic E-state index is -1.12. The Labute approximate surface area is 141 Å². The van der Waals surface area contributed by atoms with Gasteiger partial charge in [-0.3, -0.25) is 9.36 Å². The highest BCUT2D eigenvalue weighted by Crippen LogP contribution is 2.31. The summed E-state index contributed by atoms with van der Waals surface area (Å²) >= 11 is 0. The van der Waals surface area contributed by atoms with Gasteiger partial charge >= 0.3 is 12.3 Å². The molecular weight excluding hydrogens is 336 g/mol. The van der Waals surface area contributed by atoms with Crippen molar-refractivity contribution < 1.29 is 33.6 Å². The van der Waals surface area contributed by atoms with Gasteiger partial charge in [0.2, 0.25) is 11.6 Å². The van der Waals surface area contributed by atoms with Gasteiger partial charge in [-0.1, -0.05) is 0 Å². The number of hydrogen-bond donors (Lipinski definition) is 1. The van der Waals surface area contributed by atoms with Gasteiger partial charge < -0.3 is 24.1 Å². The summed E-state index contributed by atoms with van der Waals surface area (Å²) in [6.07, 6.45) is -2.07. The fourth-order valence-corrected chi connectivity index (χ4v) is 1.96. The van der Waals surface area contributed by atoms with E-state index < -0.39 is 29.4 Å². The van der Waals surface area contributed by atoms with Crippen LogP contribution in [0.15, 0.2) is 16.9 Å². The van der Waals surface area contributed by atoms with Gasteiger partial charge in [-0.05, 0) is 19.9 Å². The average Bonchev–Trinajstić information content (AvgIpc) is 2.57. The molecular formula is C15H16N2O8. The molecule has 0 saturated heterocycles. The van der Waals surface area contributed by atoms with Crippen molar-refractivity contribution in [2.75, 3.05) is 13.2 Å². The largest absolute Gasteiger partial charge is 0.515 e. The van der Waals surface area contributed by atoms with Crippen LogP contribution in [0.5, 0.6) is 17.4 Å². The number of rotatable bonds is 4. The molecule has 0 aliphatic rings. The van der Waals surface area contributed by atoms with Gasteiger partial charge in [0, 0.05) is 13.1 Å². The van der Waals surface area contributed by atoms with Crippen molar-refractivity contribution in [3.8, 4) is 17.4 Å². The predicted molar refractivity (Wildman–Crippen MR) is 83.9 cm³/mol. The fourth-order valence-electron chi connectivity index (χ4n) is 1.96. The molecule has 0 spiro atoms. The molecule has 10 nitrogen and oxygen atoms in total. The van der Waals surface area contributed by atoms with Crippen LogP contribution in [0, 0.1) is 0 Å². The van der Waals surface area contributed by atoms with Crippen LogP contribution < -0.4 is 15.0 Å². The van der Waals surface area contributed by atoms with E-state index in [2.05, 4.69) is 14.5 Å². The topological polar surface area (TPSA) is 126 Å². The summed E-state index contributed by atoms with van der Waals surface area (Å²) in [6.45, 7) is 3.35. The van der Waals surface area contributed by atoms with Crippen molar-refractivity contribution in [3.05, 3.63) is 22.5 Å². The smallest absolute Gasteiger partial charge is 0.504 e. The lowest BCUT2D eigenvalue weighted by molar-refractivity contribution is 0.101. The number of aromatic hydroxyl groups is 1. The molecule has 134 valence electrons. The number of carbonyl (C=O) groups is 2. The molecule has 0 atom stereocenters. The van der Waals surface area contributed by atoms with E-state index in [0.717, 1.165) is 4.57 Å². The van der Waals surface area contributed by atoms with Crippen LogP contribution in [0.25, 0.3) is 11.0 Å². The van der Waals surface area contributed by atoms with Crippen molar-refractivity contribution >= 4 is 23.3 Å². The third-order valence-electron chi connectivity index (χ3n) is 3.03. The summed E-state index contributed by atoms with van der Waals surface area (Å²) in [6, 6.07) is 2.64. The van der Waals surface area contributed by atoms with Crippen LogP contribution in [-0.4, -0.2) is 40.2 Å². The first-order chi connectivity index (χ1) is 11.9. The van der Waals surface area contributed by atoms with Gasteiger partial charge in [0.25, 0.3) is 5.56 Å². The van der Waals surface area contributed by atoms with E-state index in [1.807, 2.05) is 0 Å². The number of nitrogens with zero attached hydrogens (tertiary/aromatic N) is 2. The number of pyridine rings is 2. The number of fused-ring (bicyclic) bond motifs is 1. The maximum Gasteiger partial charge on any atom is 0.515 e. The summed E-state index contributed by atoms with van der Waals surface area (Å²) in [5.74, 6) is -1.30. The molecule has 2 rings (SSSR count). The highest BCUT2D eigenvalue weighted by Gasteiger charge is 2.21. The zero-order valence-corrected chi connectivity index (χ0v) is 13.8. The van der Waals surface area contributed by atoms with Crippen LogP contribution >= 0.6 is 0 Å². The predicted octanol–water partition coefficient (Wildman–Crippen LogP) is 1.71. The number of aromatic nitrogens is 2. The van der Waals surface area contributed by atoms with E-state index in [0.29, 0.717) is 0 Å². The lowest BCUT2D eigenvalue weighted by Gasteiger charge is -2.11. The molecule has 0 saturated carbocycles. The van der Waals surface area contributed by atoms with Crippen molar-refractivity contribution in [2.45, 2.75) is 13.8 Å². The van der Waals surface area contributed by atoms with E-state index in [9.17, 15) is 19.5 Å². The molecule has 0 bridgehead atoms. The van der Waals surface area contributed by atoms with Crippen LogP contribution in [-0.2, 0) is 16.5 Å². The molecule has 0 aromatic carbocycles. The summed E-state index contributed by atoms with van der Waals surface area (Å²) in [7, 11) is 1.35. The fraction of sp³-hybridized carbons (Fsp3) is 0.333. The Balaban J connectivity index is 2.48. The lowest BCUT2D eigenvalue weighted by Crippen LogP contribution is -2.23. The van der Waals surface area contributed by atoms with E-state index in [1.54, 1.807) is 13.8 Å². The quantitative estimate of drug-likeness (QED) is 0.818. The monoisotopic (exact) mass is 352 g/mol. The van der Waals surface area contributed by atoms with E-state index in [1.165, 1.54) is 19.2 Å². The molecule has 0 radical (unpaired) electrons. The Hall–Kier alpha value is -3.30. The summed E-state index contributed by atoms with van der Waals surface area (Å²) in [5.41, 5.74) is -0.806. The zero-order chi connectivity index (χ0) is 18.6. The Morgan fingerprint density at radius 2 is 1.72 bits per heavy atom. The van der Waals surface area contributed by atoms with Crippen LogP contribution in [0.1, 0.15) is 13.8 Å². The van der Waals surface area contributed by atoms with Gasteiger partial charge in [-0.15, -0.1) is 0 Å². The van der Waals surface area contributed by atoms with Gasteiger partial charge in [-0.25, -0.2) is 9.59 Å². The molecule has 0 aliphatic heterocycles. The first kappa shape index (κ1) is 18.0. The third kappa shape index (κ3) is 3.79. The van der Waals surface area contributed by atoms with Gasteiger partial charge in [0.1, 0.15) is 0 Å². The summed E-state index contributed by atoms with van der Waals surface area (Å²) in [4.78, 5) is 39.0. The number of ether oxygens (including phenoxy) is 4. The molecule has 10 heteroatoms. The van der Waals surface area contributed by atoms with E-state index in [4.69, 9.17) is 9.47 Å². The first-order valence-electron chi connectivity index (χ1n) is 7.30. The normalized spacial score (nSPS) is 10.4. The van der Waals surface area contributed by atoms with Crippen molar-refractivity contribution in [2.24, 2.45) is 7.05 Å². The Kier molecular flexibility index (Phi) is 5.42. The third-order valence-corrected chi connectivity index (χ3v) is 3.03. The second-order valence-corrected chi connectivity index (χ2v) is 4.63. The minimum absolute atomic E-state index is 0.0144. The second-order valence-electron chi connectivity index (χ2n) is 4.63. The van der Waals surface area contributed by atoms with Crippen LogP contribution in [0.4, 0.5) is 9.59 Å². The van der Waals surface area contributed by atoms with Gasteiger partial charge in [-0.2, -0.15) is 4.98 Å². The lowest BCUT2D eigenvalue weighted by atomic mass is 10.2. The highest BCUT2D eigenvalue weighted by atomic mass is 16.7. The van der Waals surface area contributed by atoms with E-state index in [-0.39, 0.29) is 30.1 Å². The van der Waals surface area contributed by atoms with E-state index >= 15 is 0 Å². The Morgan fingerprint density at radius 3 is 2.32 bits per heavy atom. The molecule has 0 fully saturated rings.